The summed E-state index contributed by atoms with van der Waals surface area (Å²) >= 11 is 0. The summed E-state index contributed by atoms with van der Waals surface area (Å²) in [6.45, 7) is 6.90. The molecule has 1 heterocycles. The number of nitrogens with zero attached hydrogens (tertiary/aromatic N) is 2. The third-order valence-electron chi connectivity index (χ3n) is 5.89. The maximum Gasteiger partial charge on any atom is 0.410 e. The average molecular weight is 495 g/mol. The van der Waals surface area contributed by atoms with Crippen molar-refractivity contribution in [1.29, 1.82) is 0 Å². The highest BCUT2D eigenvalue weighted by Crippen LogP contribution is 2.24. The Kier molecular flexibility index (Phi) is 8.85. The molecule has 8 heteroatoms. The number of ether oxygens (including phenoxy) is 2. The summed E-state index contributed by atoms with van der Waals surface area (Å²) in [5.74, 6) is -1.42. The van der Waals surface area contributed by atoms with Gasteiger partial charge in [0.15, 0.2) is 5.78 Å². The van der Waals surface area contributed by atoms with Gasteiger partial charge in [0, 0.05) is 12.1 Å². The third-order valence-corrected chi connectivity index (χ3v) is 5.89. The van der Waals surface area contributed by atoms with Gasteiger partial charge in [0.1, 0.15) is 24.3 Å². The molecule has 1 aliphatic heterocycles. The number of hydrogen-bond donors (Lipinski definition) is 0. The second kappa shape index (κ2) is 11.8. The molecule has 1 aliphatic rings. The van der Waals surface area contributed by atoms with Crippen molar-refractivity contribution in [3.05, 3.63) is 71.8 Å². The molecule has 2 amide bonds. The van der Waals surface area contributed by atoms with Gasteiger partial charge in [0.25, 0.3) is 0 Å². The number of rotatable bonds is 8. The van der Waals surface area contributed by atoms with E-state index in [1.54, 1.807) is 51.1 Å². The van der Waals surface area contributed by atoms with Gasteiger partial charge in [-0.25, -0.2) is 9.59 Å². The van der Waals surface area contributed by atoms with E-state index in [2.05, 4.69) is 0 Å². The molecule has 0 aromatic heterocycles. The van der Waals surface area contributed by atoms with Gasteiger partial charge in [-0.15, -0.1) is 0 Å². The summed E-state index contributed by atoms with van der Waals surface area (Å²) in [4.78, 5) is 55.1. The Hall–Kier alpha value is -3.68. The Bertz CT molecular complexity index is 1060. The normalized spacial score (nSPS) is 16.2. The topological polar surface area (TPSA) is 93.2 Å². The predicted molar refractivity (Wildman–Crippen MR) is 134 cm³/mol. The Morgan fingerprint density at radius 3 is 2.22 bits per heavy atom. The van der Waals surface area contributed by atoms with Gasteiger partial charge in [-0.3, -0.25) is 14.5 Å². The summed E-state index contributed by atoms with van der Waals surface area (Å²) in [5, 5.41) is 0. The molecule has 36 heavy (non-hydrogen) atoms. The highest BCUT2D eigenvalue weighted by Gasteiger charge is 2.41. The molecule has 0 saturated carbocycles. The molecule has 0 aliphatic carbocycles. The lowest BCUT2D eigenvalue weighted by Gasteiger charge is -2.33. The Morgan fingerprint density at radius 1 is 1.00 bits per heavy atom. The van der Waals surface area contributed by atoms with E-state index in [1.165, 1.54) is 16.7 Å². The van der Waals surface area contributed by atoms with Crippen LogP contribution in [-0.4, -0.2) is 64.3 Å². The fourth-order valence-electron chi connectivity index (χ4n) is 4.01. The molecule has 2 aromatic carbocycles. The highest BCUT2D eigenvalue weighted by atomic mass is 16.6. The summed E-state index contributed by atoms with van der Waals surface area (Å²) in [6, 6.07) is 15.9. The van der Waals surface area contributed by atoms with Crippen LogP contribution in [0.2, 0.25) is 0 Å². The number of esters is 1. The van der Waals surface area contributed by atoms with E-state index in [-0.39, 0.29) is 18.9 Å². The predicted octanol–water partition coefficient (Wildman–Crippen LogP) is 4.23. The van der Waals surface area contributed by atoms with Crippen molar-refractivity contribution in [2.45, 2.75) is 64.8 Å². The molecule has 0 unspecified atom stereocenters. The molecular weight excluding hydrogens is 460 g/mol. The van der Waals surface area contributed by atoms with Crippen LogP contribution in [0.1, 0.15) is 56.5 Å². The summed E-state index contributed by atoms with van der Waals surface area (Å²) in [5.41, 5.74) is 0.517. The van der Waals surface area contributed by atoms with Crippen molar-refractivity contribution in [3.63, 3.8) is 0 Å². The second-order valence-electron chi connectivity index (χ2n) is 9.86. The van der Waals surface area contributed by atoms with Crippen molar-refractivity contribution < 1.29 is 28.7 Å². The zero-order valence-electron chi connectivity index (χ0n) is 21.3. The minimum atomic E-state index is -1.03. The number of carbonyl (C=O) groups is 4. The number of Topliss-reactive ketones (excluding diaryl/α,β-unsaturated/α-hetero) is 1. The highest BCUT2D eigenvalue weighted by molar-refractivity contribution is 6.01. The molecule has 2 aromatic rings. The fraction of sp³-hybridized carbons (Fsp3) is 0.429. The number of likely N-dealkylation sites (tertiary alicyclic amines) is 1. The van der Waals surface area contributed by atoms with E-state index in [9.17, 15) is 19.2 Å². The van der Waals surface area contributed by atoms with Gasteiger partial charge in [-0.1, -0.05) is 60.7 Å². The van der Waals surface area contributed by atoms with Crippen molar-refractivity contribution >= 4 is 23.8 Å². The first-order valence-electron chi connectivity index (χ1n) is 12.2. The standard InChI is InChI=1S/C28H34N2O6/c1-20(26(33)35-19-21-12-7-5-8-13-21)30(18-24(31)22-14-9-6-10-15-22)25(32)23-16-11-17-29(23)27(34)36-28(2,3)4/h5-10,12-15,20,23H,11,16-19H2,1-4H3/t20-,23-/m0/s1. The van der Waals surface area contributed by atoms with Gasteiger partial charge in [0.05, 0.1) is 6.54 Å². The minimum Gasteiger partial charge on any atom is -0.459 e. The van der Waals surface area contributed by atoms with Crippen molar-refractivity contribution in [1.82, 2.24) is 9.80 Å². The van der Waals surface area contributed by atoms with E-state index < -0.39 is 35.7 Å². The van der Waals surface area contributed by atoms with Gasteiger partial charge in [-0.05, 0) is 46.1 Å². The average Bonchev–Trinajstić information content (AvgIpc) is 3.35. The SMILES string of the molecule is C[C@@H](C(=O)OCc1ccccc1)N(CC(=O)c1ccccc1)C(=O)[C@@H]1CCCN1C(=O)OC(C)(C)C. The maximum atomic E-state index is 13.7. The number of ketones is 1. The van der Waals surface area contributed by atoms with Crippen molar-refractivity contribution in [2.75, 3.05) is 13.1 Å². The third kappa shape index (κ3) is 7.16. The summed E-state index contributed by atoms with van der Waals surface area (Å²) < 4.78 is 10.9. The van der Waals surface area contributed by atoms with Crippen LogP contribution in [0.5, 0.6) is 0 Å². The molecule has 0 N–H and O–H groups in total. The lowest BCUT2D eigenvalue weighted by Crippen LogP contribution is -2.54. The quantitative estimate of drug-likeness (QED) is 0.403. The first-order chi connectivity index (χ1) is 17.1. The van der Waals surface area contributed by atoms with E-state index in [0.29, 0.717) is 24.9 Å². The number of carbonyl (C=O) groups excluding carboxylic acids is 4. The van der Waals surface area contributed by atoms with Crippen LogP contribution >= 0.6 is 0 Å². The van der Waals surface area contributed by atoms with Crippen LogP contribution in [0.15, 0.2) is 60.7 Å². The van der Waals surface area contributed by atoms with Crippen LogP contribution < -0.4 is 0 Å². The number of hydrogen-bond acceptors (Lipinski definition) is 6. The summed E-state index contributed by atoms with van der Waals surface area (Å²) in [6.07, 6.45) is 0.440. The zero-order chi connectivity index (χ0) is 26.3. The number of amides is 2. The van der Waals surface area contributed by atoms with Crippen molar-refractivity contribution in [3.8, 4) is 0 Å². The minimum absolute atomic E-state index is 0.0478. The Morgan fingerprint density at radius 2 is 1.61 bits per heavy atom. The van der Waals surface area contributed by atoms with E-state index in [0.717, 1.165) is 5.56 Å². The van der Waals surface area contributed by atoms with Crippen LogP contribution in [0.25, 0.3) is 0 Å². The fourth-order valence-corrected chi connectivity index (χ4v) is 4.01. The van der Waals surface area contributed by atoms with Crippen LogP contribution in [0.4, 0.5) is 4.79 Å². The molecule has 0 spiro atoms. The summed E-state index contributed by atoms with van der Waals surface area (Å²) in [7, 11) is 0. The molecule has 1 fully saturated rings. The molecule has 0 bridgehead atoms. The lowest BCUT2D eigenvalue weighted by atomic mass is 10.1. The zero-order valence-corrected chi connectivity index (χ0v) is 21.3. The van der Waals surface area contributed by atoms with E-state index >= 15 is 0 Å². The molecule has 8 nitrogen and oxygen atoms in total. The molecule has 3 rings (SSSR count). The molecule has 1 saturated heterocycles. The molecule has 2 atom stereocenters. The first kappa shape index (κ1) is 26.9. The van der Waals surface area contributed by atoms with Gasteiger partial charge in [0.2, 0.25) is 5.91 Å². The van der Waals surface area contributed by atoms with Crippen LogP contribution in [0, 0.1) is 0 Å². The van der Waals surface area contributed by atoms with Gasteiger partial charge in [-0.2, -0.15) is 0 Å². The monoisotopic (exact) mass is 494 g/mol. The van der Waals surface area contributed by atoms with Crippen molar-refractivity contribution in [2.24, 2.45) is 0 Å². The first-order valence-corrected chi connectivity index (χ1v) is 12.2. The maximum absolute atomic E-state index is 13.7. The molecule has 192 valence electrons. The Balaban J connectivity index is 1.80. The molecular formula is C28H34N2O6. The van der Waals surface area contributed by atoms with Crippen LogP contribution in [0.3, 0.4) is 0 Å². The smallest absolute Gasteiger partial charge is 0.410 e. The van der Waals surface area contributed by atoms with Gasteiger partial charge >= 0.3 is 12.1 Å². The largest absolute Gasteiger partial charge is 0.459 e. The van der Waals surface area contributed by atoms with Gasteiger partial charge < -0.3 is 14.4 Å². The molecule has 0 radical (unpaired) electrons. The number of benzene rings is 2. The van der Waals surface area contributed by atoms with E-state index in [1.807, 2.05) is 30.3 Å². The lowest BCUT2D eigenvalue weighted by molar-refractivity contribution is -0.156. The second-order valence-corrected chi connectivity index (χ2v) is 9.86. The Labute approximate surface area is 212 Å². The van der Waals surface area contributed by atoms with E-state index in [4.69, 9.17) is 9.47 Å². The van der Waals surface area contributed by atoms with Crippen LogP contribution in [-0.2, 0) is 25.7 Å².